The van der Waals surface area contributed by atoms with Crippen LogP contribution in [0, 0.1) is 12.8 Å². The minimum absolute atomic E-state index is 0.152. The Morgan fingerprint density at radius 3 is 2.37 bits per heavy atom. The second-order valence-electron chi connectivity index (χ2n) is 7.75. The quantitative estimate of drug-likeness (QED) is 0.417. The molecule has 1 nitrogen and oxygen atoms in total. The Morgan fingerprint density at radius 1 is 1.00 bits per heavy atom. The highest BCUT2D eigenvalue weighted by Gasteiger charge is 2.28. The van der Waals surface area contributed by atoms with E-state index in [0.717, 1.165) is 16.6 Å². The van der Waals surface area contributed by atoms with Crippen LogP contribution >= 0.6 is 15.9 Å². The first-order chi connectivity index (χ1) is 13.1. The van der Waals surface area contributed by atoms with Gasteiger partial charge in [0.2, 0.25) is 0 Å². The summed E-state index contributed by atoms with van der Waals surface area (Å²) in [6.07, 6.45) is 9.51. The molecule has 0 aromatic heterocycles. The van der Waals surface area contributed by atoms with Gasteiger partial charge in [0, 0.05) is 0 Å². The average molecular weight is 431 g/mol. The lowest BCUT2D eigenvalue weighted by Gasteiger charge is -2.32. The Kier molecular flexibility index (Phi) is 9.41. The van der Waals surface area contributed by atoms with Crippen LogP contribution in [0.5, 0.6) is 5.75 Å². The highest BCUT2D eigenvalue weighted by molar-refractivity contribution is 9.10. The number of fused-ring (bicyclic) bond motifs is 1. The molecule has 0 spiro atoms. The van der Waals surface area contributed by atoms with Crippen molar-refractivity contribution in [3.63, 3.8) is 0 Å². The summed E-state index contributed by atoms with van der Waals surface area (Å²) < 4.78 is 7.37. The van der Waals surface area contributed by atoms with Gasteiger partial charge >= 0.3 is 0 Å². The second-order valence-corrected chi connectivity index (χ2v) is 8.60. The molecule has 0 fully saturated rings. The summed E-state index contributed by atoms with van der Waals surface area (Å²) in [5, 5.41) is 0. The van der Waals surface area contributed by atoms with E-state index in [1.54, 1.807) is 0 Å². The minimum Gasteiger partial charge on any atom is -0.484 e. The zero-order chi connectivity index (χ0) is 19.6. The maximum absolute atomic E-state index is 6.33. The van der Waals surface area contributed by atoms with Crippen LogP contribution < -0.4 is 4.74 Å². The third kappa shape index (κ3) is 6.68. The Morgan fingerprint density at radius 2 is 1.70 bits per heavy atom. The lowest BCUT2D eigenvalue weighted by molar-refractivity contribution is 0.128. The third-order valence-corrected chi connectivity index (χ3v) is 5.92. The normalized spacial score (nSPS) is 18.3. The van der Waals surface area contributed by atoms with Gasteiger partial charge in [0.25, 0.3) is 0 Å². The summed E-state index contributed by atoms with van der Waals surface area (Å²) in [6.45, 7) is 8.86. The van der Waals surface area contributed by atoms with Crippen molar-refractivity contribution in [1.29, 1.82) is 0 Å². The van der Waals surface area contributed by atoms with Crippen LogP contribution in [-0.4, -0.2) is 0 Å². The number of hydrogen-bond donors (Lipinski definition) is 0. The molecule has 148 valence electrons. The average Bonchev–Trinajstić information content (AvgIpc) is 2.67. The van der Waals surface area contributed by atoms with Crippen LogP contribution in [0.2, 0.25) is 0 Å². The molecule has 1 unspecified atom stereocenters. The maximum atomic E-state index is 6.33. The Labute approximate surface area is 174 Å². The van der Waals surface area contributed by atoms with Crippen molar-refractivity contribution < 1.29 is 4.74 Å². The highest BCUT2D eigenvalue weighted by Crippen LogP contribution is 2.39. The van der Waals surface area contributed by atoms with Crippen molar-refractivity contribution in [1.82, 2.24) is 0 Å². The van der Waals surface area contributed by atoms with Crippen molar-refractivity contribution in [2.24, 2.45) is 5.92 Å². The topological polar surface area (TPSA) is 9.23 Å². The van der Waals surface area contributed by atoms with Gasteiger partial charge in [0.05, 0.1) is 4.47 Å². The summed E-state index contributed by atoms with van der Waals surface area (Å²) >= 11 is 3.61. The van der Waals surface area contributed by atoms with Gasteiger partial charge in [-0.3, -0.25) is 0 Å². The van der Waals surface area contributed by atoms with Gasteiger partial charge in [0.1, 0.15) is 11.9 Å². The minimum atomic E-state index is 0.152. The largest absolute Gasteiger partial charge is 0.484 e. The molecule has 1 aliphatic carbocycles. The molecule has 0 radical (unpaired) electrons. The summed E-state index contributed by atoms with van der Waals surface area (Å²) in [7, 11) is 0. The van der Waals surface area contributed by atoms with Crippen molar-refractivity contribution in [3.05, 3.63) is 63.6 Å². The van der Waals surface area contributed by atoms with Crippen LogP contribution in [0.4, 0.5) is 0 Å². The molecular weight excluding hydrogens is 396 g/mol. The van der Waals surface area contributed by atoms with Crippen LogP contribution in [0.25, 0.3) is 0 Å². The maximum Gasteiger partial charge on any atom is 0.134 e. The van der Waals surface area contributed by atoms with E-state index in [4.69, 9.17) is 4.74 Å². The van der Waals surface area contributed by atoms with Crippen molar-refractivity contribution >= 4 is 15.9 Å². The lowest BCUT2D eigenvalue weighted by atomic mass is 9.82. The molecule has 27 heavy (non-hydrogen) atoms. The van der Waals surface area contributed by atoms with E-state index in [1.807, 2.05) is 0 Å². The van der Waals surface area contributed by atoms with Gasteiger partial charge in [-0.15, -0.1) is 0 Å². The monoisotopic (exact) mass is 430 g/mol. The molecule has 0 heterocycles. The first kappa shape index (κ1) is 22.0. The van der Waals surface area contributed by atoms with Gasteiger partial charge < -0.3 is 4.74 Å². The summed E-state index contributed by atoms with van der Waals surface area (Å²) in [4.78, 5) is 0. The molecule has 0 N–H and O–H groups in total. The van der Waals surface area contributed by atoms with E-state index < -0.39 is 0 Å². The SMILES string of the molecule is CCCCCCC.Cc1ccc(O[C@H]2c3ccccc3CCC2C)c(Br)c1. The first-order valence-electron chi connectivity index (χ1n) is 10.6. The molecule has 2 aromatic carbocycles. The van der Waals surface area contributed by atoms with Gasteiger partial charge in [-0.1, -0.05) is 83.2 Å². The molecule has 1 aliphatic rings. The summed E-state index contributed by atoms with van der Waals surface area (Å²) in [5.74, 6) is 1.47. The summed E-state index contributed by atoms with van der Waals surface area (Å²) in [6, 6.07) is 14.9. The molecule has 0 saturated carbocycles. The van der Waals surface area contributed by atoms with E-state index in [9.17, 15) is 0 Å². The van der Waals surface area contributed by atoms with E-state index in [0.29, 0.717) is 5.92 Å². The predicted octanol–water partition coefficient (Wildman–Crippen LogP) is 8.44. The molecular formula is C25H35BrO. The van der Waals surface area contributed by atoms with Crippen molar-refractivity contribution in [2.75, 3.05) is 0 Å². The fraction of sp³-hybridized carbons (Fsp3) is 0.520. The zero-order valence-corrected chi connectivity index (χ0v) is 19.0. The van der Waals surface area contributed by atoms with Crippen LogP contribution in [0.15, 0.2) is 46.9 Å². The molecule has 2 atom stereocenters. The van der Waals surface area contributed by atoms with Crippen LogP contribution in [0.1, 0.15) is 82.1 Å². The zero-order valence-electron chi connectivity index (χ0n) is 17.4. The van der Waals surface area contributed by atoms with Gasteiger partial charge in [0.15, 0.2) is 0 Å². The number of benzene rings is 2. The number of unbranched alkanes of at least 4 members (excludes halogenated alkanes) is 4. The van der Waals surface area contributed by atoms with Gasteiger partial charge in [-0.25, -0.2) is 0 Å². The van der Waals surface area contributed by atoms with Gasteiger partial charge in [-0.2, -0.15) is 0 Å². The molecule has 3 rings (SSSR count). The Balaban J connectivity index is 0.000000321. The fourth-order valence-corrected chi connectivity index (χ4v) is 4.16. The summed E-state index contributed by atoms with van der Waals surface area (Å²) in [5.41, 5.74) is 4.01. The highest BCUT2D eigenvalue weighted by atomic mass is 79.9. The van der Waals surface area contributed by atoms with Gasteiger partial charge in [-0.05, 0) is 70.4 Å². The third-order valence-electron chi connectivity index (χ3n) is 5.30. The smallest absolute Gasteiger partial charge is 0.134 e. The van der Waals surface area contributed by atoms with Crippen LogP contribution in [-0.2, 0) is 6.42 Å². The fourth-order valence-electron chi connectivity index (χ4n) is 3.58. The molecule has 0 saturated heterocycles. The van der Waals surface area contributed by atoms with E-state index >= 15 is 0 Å². The predicted molar refractivity (Wildman–Crippen MR) is 121 cm³/mol. The molecule has 2 aromatic rings. The number of ether oxygens (including phenoxy) is 1. The lowest BCUT2D eigenvalue weighted by Crippen LogP contribution is -2.23. The van der Waals surface area contributed by atoms with E-state index in [-0.39, 0.29) is 6.10 Å². The molecule has 0 aliphatic heterocycles. The molecule has 2 heteroatoms. The number of halogens is 1. The Bertz CT molecular complexity index is 690. The molecule has 0 amide bonds. The number of hydrogen-bond acceptors (Lipinski definition) is 1. The second kappa shape index (κ2) is 11.5. The van der Waals surface area contributed by atoms with Crippen molar-refractivity contribution in [3.8, 4) is 5.75 Å². The van der Waals surface area contributed by atoms with E-state index in [1.165, 1.54) is 55.2 Å². The van der Waals surface area contributed by atoms with Crippen molar-refractivity contribution in [2.45, 2.75) is 78.7 Å². The number of rotatable bonds is 6. The van der Waals surface area contributed by atoms with Crippen LogP contribution in [0.3, 0.4) is 0 Å². The van der Waals surface area contributed by atoms with E-state index in [2.05, 4.69) is 86.1 Å². The first-order valence-corrected chi connectivity index (χ1v) is 11.4. The molecule has 0 bridgehead atoms. The Hall–Kier alpha value is -1.28. The standard InChI is InChI=1S/C18H19BrO.C7H16/c1-12-7-10-17(16(19)11-12)20-18-13(2)8-9-14-5-3-4-6-15(14)18;1-3-5-7-6-4-2/h3-7,10-11,13,18H,8-9H2,1-2H3;3-7H2,1-2H3/t13?,18-;/m1./s1. The number of aryl methyl sites for hydroxylation is 2.